The maximum absolute atomic E-state index is 9.66. The molecule has 0 aliphatic carbocycles. The van der Waals surface area contributed by atoms with Crippen molar-refractivity contribution >= 4 is 0 Å². The molecule has 1 N–H and O–H groups in total. The Morgan fingerprint density at radius 1 is 1.29 bits per heavy atom. The molecule has 0 amide bonds. The fourth-order valence-corrected chi connectivity index (χ4v) is 1.99. The van der Waals surface area contributed by atoms with Crippen molar-refractivity contribution in [1.82, 2.24) is 0 Å². The first-order valence-corrected chi connectivity index (χ1v) is 5.52. The van der Waals surface area contributed by atoms with E-state index in [0.29, 0.717) is 0 Å². The van der Waals surface area contributed by atoms with E-state index in [4.69, 9.17) is 14.7 Å². The summed E-state index contributed by atoms with van der Waals surface area (Å²) in [4.78, 5) is 0. The van der Waals surface area contributed by atoms with Gasteiger partial charge >= 0.3 is 0 Å². The molecule has 0 aromatic heterocycles. The molecule has 3 atom stereocenters. The molecule has 1 heterocycles. The van der Waals surface area contributed by atoms with Crippen LogP contribution in [0, 0.1) is 11.3 Å². The minimum absolute atomic E-state index is 0.416. The van der Waals surface area contributed by atoms with E-state index in [-0.39, 0.29) is 0 Å². The zero-order valence-corrected chi connectivity index (χ0v) is 9.83. The second-order valence-corrected chi connectivity index (χ2v) is 4.51. The van der Waals surface area contributed by atoms with Crippen LogP contribution in [-0.2, 0) is 9.47 Å². The zero-order valence-electron chi connectivity index (χ0n) is 9.83. The molecule has 90 valence electrons. The minimum atomic E-state index is -1.19. The highest BCUT2D eigenvalue weighted by molar-refractivity contribution is 5.21. The predicted molar refractivity (Wildman–Crippen MR) is 60.8 cm³/mol. The van der Waals surface area contributed by atoms with Gasteiger partial charge in [0, 0.05) is 0 Å². The van der Waals surface area contributed by atoms with Crippen molar-refractivity contribution in [1.29, 1.82) is 5.26 Å². The van der Waals surface area contributed by atoms with Gasteiger partial charge in [0.25, 0.3) is 0 Å². The first-order valence-electron chi connectivity index (χ1n) is 5.52. The number of nitriles is 1. The van der Waals surface area contributed by atoms with Gasteiger partial charge in [0.1, 0.15) is 12.2 Å². The summed E-state index contributed by atoms with van der Waals surface area (Å²) >= 11 is 0. The first kappa shape index (κ1) is 12.1. The van der Waals surface area contributed by atoms with Gasteiger partial charge in [0.15, 0.2) is 11.9 Å². The number of ether oxygens (including phenoxy) is 2. The molecule has 0 saturated carbocycles. The third-order valence-corrected chi connectivity index (χ3v) is 2.70. The molecule has 1 aromatic rings. The standard InChI is InChI=1S/C13H15NO3/c1-13(2)16-11(9-6-4-3-5-7-9)12(17-13)10(15)8-14/h3-7,10-12,15H,1-2H3/t10-,11-,12+/m1/s1. The Balaban J connectivity index is 2.29. The van der Waals surface area contributed by atoms with E-state index in [0.717, 1.165) is 5.56 Å². The summed E-state index contributed by atoms with van der Waals surface area (Å²) in [7, 11) is 0. The number of benzene rings is 1. The number of rotatable bonds is 2. The Morgan fingerprint density at radius 3 is 2.53 bits per heavy atom. The highest BCUT2D eigenvalue weighted by Gasteiger charge is 2.45. The lowest BCUT2D eigenvalue weighted by Crippen LogP contribution is -2.30. The zero-order chi connectivity index (χ0) is 12.5. The lowest BCUT2D eigenvalue weighted by atomic mass is 10.0. The molecule has 1 aliphatic rings. The number of aliphatic hydroxyl groups is 1. The van der Waals surface area contributed by atoms with Crippen LogP contribution in [-0.4, -0.2) is 23.1 Å². The van der Waals surface area contributed by atoms with Gasteiger partial charge < -0.3 is 14.6 Å². The predicted octanol–water partition coefficient (Wildman–Crippen LogP) is 1.76. The Morgan fingerprint density at radius 2 is 1.94 bits per heavy atom. The Bertz CT molecular complexity index is 424. The van der Waals surface area contributed by atoms with E-state index in [1.165, 1.54) is 0 Å². The molecular weight excluding hydrogens is 218 g/mol. The summed E-state index contributed by atoms with van der Waals surface area (Å²) in [6.07, 6.45) is -2.26. The van der Waals surface area contributed by atoms with Crippen LogP contribution in [0.3, 0.4) is 0 Å². The Hall–Kier alpha value is -1.41. The van der Waals surface area contributed by atoms with Crippen LogP contribution in [0.5, 0.6) is 0 Å². The third kappa shape index (κ3) is 2.47. The van der Waals surface area contributed by atoms with Crippen LogP contribution in [0.2, 0.25) is 0 Å². The molecule has 1 fully saturated rings. The van der Waals surface area contributed by atoms with Crippen LogP contribution in [0.1, 0.15) is 25.5 Å². The third-order valence-electron chi connectivity index (χ3n) is 2.70. The largest absolute Gasteiger partial charge is 0.375 e. The van der Waals surface area contributed by atoms with E-state index in [9.17, 15) is 5.11 Å². The van der Waals surface area contributed by atoms with E-state index in [2.05, 4.69) is 0 Å². The average Bonchev–Trinajstić information content (AvgIpc) is 2.65. The number of hydrogen-bond donors (Lipinski definition) is 1. The lowest BCUT2D eigenvalue weighted by Gasteiger charge is -2.17. The molecular formula is C13H15NO3. The van der Waals surface area contributed by atoms with Gasteiger partial charge in [-0.05, 0) is 19.4 Å². The second-order valence-electron chi connectivity index (χ2n) is 4.51. The molecule has 0 unspecified atom stereocenters. The summed E-state index contributed by atoms with van der Waals surface area (Å²) in [5.74, 6) is -0.789. The molecule has 0 spiro atoms. The number of aliphatic hydroxyl groups excluding tert-OH is 1. The van der Waals surface area contributed by atoms with Gasteiger partial charge in [-0.15, -0.1) is 0 Å². The quantitative estimate of drug-likeness (QED) is 0.791. The fourth-order valence-electron chi connectivity index (χ4n) is 1.99. The van der Waals surface area contributed by atoms with Gasteiger partial charge in [-0.2, -0.15) is 5.26 Å². The van der Waals surface area contributed by atoms with Gasteiger partial charge in [-0.25, -0.2) is 0 Å². The van der Waals surface area contributed by atoms with Crippen LogP contribution in [0.25, 0.3) is 0 Å². The summed E-state index contributed by atoms with van der Waals surface area (Å²) in [6, 6.07) is 11.3. The van der Waals surface area contributed by atoms with Gasteiger partial charge in [-0.3, -0.25) is 0 Å². The average molecular weight is 233 g/mol. The van der Waals surface area contributed by atoms with E-state index in [1.54, 1.807) is 19.9 Å². The smallest absolute Gasteiger partial charge is 0.169 e. The molecule has 4 heteroatoms. The van der Waals surface area contributed by atoms with Crippen LogP contribution >= 0.6 is 0 Å². The van der Waals surface area contributed by atoms with Gasteiger partial charge in [0.2, 0.25) is 0 Å². The second kappa shape index (κ2) is 4.46. The Labute approximate surface area is 100 Å². The van der Waals surface area contributed by atoms with Crippen molar-refractivity contribution in [3.05, 3.63) is 35.9 Å². The van der Waals surface area contributed by atoms with Gasteiger partial charge in [0.05, 0.1) is 6.07 Å². The Kier molecular flexibility index (Phi) is 3.16. The molecule has 1 aromatic carbocycles. The summed E-state index contributed by atoms with van der Waals surface area (Å²) in [6.45, 7) is 3.54. The molecule has 2 rings (SSSR count). The maximum Gasteiger partial charge on any atom is 0.169 e. The van der Waals surface area contributed by atoms with Crippen LogP contribution in [0.15, 0.2) is 30.3 Å². The summed E-state index contributed by atoms with van der Waals surface area (Å²) < 4.78 is 11.3. The van der Waals surface area contributed by atoms with E-state index >= 15 is 0 Å². The summed E-state index contributed by atoms with van der Waals surface area (Å²) in [5.41, 5.74) is 0.900. The van der Waals surface area contributed by atoms with Crippen molar-refractivity contribution in [2.45, 2.75) is 37.9 Å². The van der Waals surface area contributed by atoms with Crippen LogP contribution < -0.4 is 0 Å². The molecule has 0 bridgehead atoms. The first-order chi connectivity index (χ1) is 8.03. The molecule has 1 saturated heterocycles. The number of nitrogens with zero attached hydrogens (tertiary/aromatic N) is 1. The fraction of sp³-hybridized carbons (Fsp3) is 0.462. The molecule has 1 aliphatic heterocycles. The monoisotopic (exact) mass is 233 g/mol. The topological polar surface area (TPSA) is 62.5 Å². The maximum atomic E-state index is 9.66. The normalized spacial score (nSPS) is 28.6. The van der Waals surface area contributed by atoms with Crippen molar-refractivity contribution in [3.8, 4) is 6.07 Å². The molecule has 17 heavy (non-hydrogen) atoms. The van der Waals surface area contributed by atoms with Crippen molar-refractivity contribution in [2.75, 3.05) is 0 Å². The lowest BCUT2D eigenvalue weighted by molar-refractivity contribution is -0.152. The SMILES string of the molecule is CC1(C)O[C@@H]([C@H](O)C#N)[C@@H](c2ccccc2)O1. The van der Waals surface area contributed by atoms with Gasteiger partial charge in [-0.1, -0.05) is 30.3 Å². The van der Waals surface area contributed by atoms with Crippen LogP contribution in [0.4, 0.5) is 0 Å². The van der Waals surface area contributed by atoms with Crippen molar-refractivity contribution < 1.29 is 14.6 Å². The molecule has 4 nitrogen and oxygen atoms in total. The van der Waals surface area contributed by atoms with E-state index in [1.807, 2.05) is 30.3 Å². The summed E-state index contributed by atoms with van der Waals surface area (Å²) in [5, 5.41) is 18.5. The van der Waals surface area contributed by atoms with Crippen molar-refractivity contribution in [2.24, 2.45) is 0 Å². The van der Waals surface area contributed by atoms with Crippen molar-refractivity contribution in [3.63, 3.8) is 0 Å². The minimum Gasteiger partial charge on any atom is -0.375 e. The number of hydrogen-bond acceptors (Lipinski definition) is 4. The van der Waals surface area contributed by atoms with E-state index < -0.39 is 24.1 Å². The molecule has 0 radical (unpaired) electrons. The highest BCUT2D eigenvalue weighted by atomic mass is 16.8. The highest BCUT2D eigenvalue weighted by Crippen LogP contribution is 2.39.